The van der Waals surface area contributed by atoms with Crippen LogP contribution in [0.1, 0.15) is 5.69 Å². The molecule has 2 aromatic rings. The van der Waals surface area contributed by atoms with E-state index in [0.717, 1.165) is 11.0 Å². The van der Waals surface area contributed by atoms with Gasteiger partial charge in [0.25, 0.3) is 5.56 Å². The van der Waals surface area contributed by atoms with E-state index in [4.69, 9.17) is 5.73 Å². The van der Waals surface area contributed by atoms with Gasteiger partial charge in [-0.1, -0.05) is 12.1 Å². The molecule has 14 heavy (non-hydrogen) atoms. The highest BCUT2D eigenvalue weighted by Gasteiger charge is 2.02. The largest absolute Gasteiger partial charge is 0.330 e. The molecule has 0 aliphatic carbocycles. The highest BCUT2D eigenvalue weighted by atomic mass is 16.1. The Hall–Kier alpha value is -1.68. The Balaban J connectivity index is 2.65. The van der Waals surface area contributed by atoms with Gasteiger partial charge in [0.05, 0.1) is 11.0 Å². The molecule has 0 unspecified atom stereocenters. The molecule has 4 nitrogen and oxygen atoms in total. The van der Waals surface area contributed by atoms with Gasteiger partial charge in [-0.3, -0.25) is 4.79 Å². The number of hydrogen-bond acceptors (Lipinski definition) is 3. The third-order valence-corrected chi connectivity index (χ3v) is 2.05. The van der Waals surface area contributed by atoms with Crippen molar-refractivity contribution < 1.29 is 0 Å². The van der Waals surface area contributed by atoms with Gasteiger partial charge in [-0.25, -0.2) is 4.98 Å². The number of para-hydroxylation sites is 2. The molecule has 0 radical (unpaired) electrons. The summed E-state index contributed by atoms with van der Waals surface area (Å²) < 4.78 is 0. The third-order valence-electron chi connectivity index (χ3n) is 2.05. The molecule has 0 saturated heterocycles. The molecule has 0 fully saturated rings. The molecule has 0 aliphatic rings. The molecule has 0 saturated carbocycles. The summed E-state index contributed by atoms with van der Waals surface area (Å²) in [5.41, 5.74) is 7.31. The predicted molar refractivity (Wildman–Crippen MR) is 55.1 cm³/mol. The lowest BCUT2D eigenvalue weighted by Gasteiger charge is -1.99. The number of hydrogen-bond donors (Lipinski definition) is 2. The van der Waals surface area contributed by atoms with E-state index in [9.17, 15) is 4.79 Å². The van der Waals surface area contributed by atoms with Crippen LogP contribution in [0.4, 0.5) is 0 Å². The van der Waals surface area contributed by atoms with Crippen LogP contribution in [0.3, 0.4) is 0 Å². The maximum atomic E-state index is 11.4. The third kappa shape index (κ3) is 1.52. The van der Waals surface area contributed by atoms with Gasteiger partial charge in [0.1, 0.15) is 5.69 Å². The van der Waals surface area contributed by atoms with Crippen LogP contribution < -0.4 is 11.3 Å². The first kappa shape index (κ1) is 8.90. The van der Waals surface area contributed by atoms with Crippen LogP contribution in [-0.4, -0.2) is 16.5 Å². The molecule has 0 bridgehead atoms. The second-order valence-electron chi connectivity index (χ2n) is 3.07. The van der Waals surface area contributed by atoms with Crippen LogP contribution in [0, 0.1) is 0 Å². The van der Waals surface area contributed by atoms with Gasteiger partial charge >= 0.3 is 0 Å². The van der Waals surface area contributed by atoms with E-state index in [2.05, 4.69) is 9.97 Å². The lowest BCUT2D eigenvalue weighted by atomic mass is 10.2. The van der Waals surface area contributed by atoms with Gasteiger partial charge < -0.3 is 10.7 Å². The van der Waals surface area contributed by atoms with E-state index >= 15 is 0 Å². The van der Waals surface area contributed by atoms with E-state index < -0.39 is 0 Å². The molecule has 72 valence electrons. The van der Waals surface area contributed by atoms with Crippen molar-refractivity contribution in [2.75, 3.05) is 6.54 Å². The van der Waals surface area contributed by atoms with Crippen LogP contribution in [0.2, 0.25) is 0 Å². The minimum absolute atomic E-state index is 0.144. The first-order valence-corrected chi connectivity index (χ1v) is 4.49. The fourth-order valence-corrected chi connectivity index (χ4v) is 1.37. The number of aromatic amines is 1. The molecule has 4 heteroatoms. The van der Waals surface area contributed by atoms with Crippen molar-refractivity contribution in [3.05, 3.63) is 40.3 Å². The topological polar surface area (TPSA) is 71.8 Å². The Bertz CT molecular complexity index is 504. The Morgan fingerprint density at radius 2 is 2.14 bits per heavy atom. The van der Waals surface area contributed by atoms with Crippen molar-refractivity contribution in [1.29, 1.82) is 0 Å². The van der Waals surface area contributed by atoms with Gasteiger partial charge in [-0.2, -0.15) is 0 Å². The van der Waals surface area contributed by atoms with E-state index in [-0.39, 0.29) is 5.56 Å². The Kier molecular flexibility index (Phi) is 2.28. The first-order chi connectivity index (χ1) is 6.81. The zero-order valence-electron chi connectivity index (χ0n) is 7.66. The van der Waals surface area contributed by atoms with E-state index in [0.29, 0.717) is 18.7 Å². The summed E-state index contributed by atoms with van der Waals surface area (Å²) >= 11 is 0. The molecule has 0 spiro atoms. The summed E-state index contributed by atoms with van der Waals surface area (Å²) in [5.74, 6) is 0. The number of H-pyrrole nitrogens is 1. The normalized spacial score (nSPS) is 10.6. The number of nitrogens with two attached hydrogens (primary N) is 1. The summed E-state index contributed by atoms with van der Waals surface area (Å²) in [7, 11) is 0. The lowest BCUT2D eigenvalue weighted by Crippen LogP contribution is -2.18. The summed E-state index contributed by atoms with van der Waals surface area (Å²) in [6.45, 7) is 0.439. The summed E-state index contributed by atoms with van der Waals surface area (Å²) in [4.78, 5) is 18.5. The maximum Gasteiger partial charge on any atom is 0.270 e. The molecule has 2 rings (SSSR count). The van der Waals surface area contributed by atoms with Crippen LogP contribution in [-0.2, 0) is 6.42 Å². The Morgan fingerprint density at radius 1 is 1.36 bits per heavy atom. The zero-order valence-corrected chi connectivity index (χ0v) is 7.66. The number of nitrogens with one attached hydrogen (secondary N) is 1. The Morgan fingerprint density at radius 3 is 2.93 bits per heavy atom. The molecule has 0 amide bonds. The standard InChI is InChI=1S/C10H11N3O/c11-6-5-9-10(14)13-8-4-2-1-3-7(8)12-9/h1-4H,5-6,11H2,(H,13,14). The van der Waals surface area contributed by atoms with Crippen molar-refractivity contribution in [1.82, 2.24) is 9.97 Å². The second-order valence-corrected chi connectivity index (χ2v) is 3.07. The van der Waals surface area contributed by atoms with Gasteiger partial charge in [0.2, 0.25) is 0 Å². The molecule has 0 aliphatic heterocycles. The van der Waals surface area contributed by atoms with E-state index in [1.165, 1.54) is 0 Å². The van der Waals surface area contributed by atoms with Crippen LogP contribution >= 0.6 is 0 Å². The highest BCUT2D eigenvalue weighted by Crippen LogP contribution is 2.05. The monoisotopic (exact) mass is 189 g/mol. The first-order valence-electron chi connectivity index (χ1n) is 4.49. The van der Waals surface area contributed by atoms with Gasteiger partial charge in [-0.05, 0) is 18.7 Å². The van der Waals surface area contributed by atoms with Gasteiger partial charge in [0, 0.05) is 6.42 Å². The minimum atomic E-state index is -0.144. The van der Waals surface area contributed by atoms with E-state index in [1.54, 1.807) is 0 Å². The minimum Gasteiger partial charge on any atom is -0.330 e. The number of nitrogens with zero attached hydrogens (tertiary/aromatic N) is 1. The Labute approximate surface area is 80.8 Å². The molecular weight excluding hydrogens is 178 g/mol. The number of rotatable bonds is 2. The van der Waals surface area contributed by atoms with Crippen molar-refractivity contribution in [3.63, 3.8) is 0 Å². The molecule has 1 aromatic carbocycles. The van der Waals surface area contributed by atoms with E-state index in [1.807, 2.05) is 24.3 Å². The smallest absolute Gasteiger partial charge is 0.270 e. The van der Waals surface area contributed by atoms with Crippen molar-refractivity contribution in [2.24, 2.45) is 5.73 Å². The molecular formula is C10H11N3O. The average molecular weight is 189 g/mol. The SMILES string of the molecule is NCCc1nc2ccccc2[nH]c1=O. The second kappa shape index (κ2) is 3.59. The molecule has 1 heterocycles. The summed E-state index contributed by atoms with van der Waals surface area (Å²) in [5, 5.41) is 0. The van der Waals surface area contributed by atoms with Crippen molar-refractivity contribution >= 4 is 11.0 Å². The van der Waals surface area contributed by atoms with Crippen LogP contribution in [0.15, 0.2) is 29.1 Å². The number of fused-ring (bicyclic) bond motifs is 1. The van der Waals surface area contributed by atoms with Gasteiger partial charge in [-0.15, -0.1) is 0 Å². The van der Waals surface area contributed by atoms with Crippen molar-refractivity contribution in [2.45, 2.75) is 6.42 Å². The highest BCUT2D eigenvalue weighted by molar-refractivity contribution is 5.73. The van der Waals surface area contributed by atoms with Crippen molar-refractivity contribution in [3.8, 4) is 0 Å². The fraction of sp³-hybridized carbons (Fsp3) is 0.200. The quantitative estimate of drug-likeness (QED) is 0.719. The van der Waals surface area contributed by atoms with Crippen LogP contribution in [0.25, 0.3) is 11.0 Å². The lowest BCUT2D eigenvalue weighted by molar-refractivity contribution is 0.904. The predicted octanol–water partition coefficient (Wildman–Crippen LogP) is 0.424. The maximum absolute atomic E-state index is 11.4. The number of aromatic nitrogens is 2. The van der Waals surface area contributed by atoms with Gasteiger partial charge in [0.15, 0.2) is 0 Å². The zero-order chi connectivity index (χ0) is 9.97. The molecule has 1 aromatic heterocycles. The summed E-state index contributed by atoms with van der Waals surface area (Å²) in [6.07, 6.45) is 0.514. The molecule has 0 atom stereocenters. The van der Waals surface area contributed by atoms with Crippen LogP contribution in [0.5, 0.6) is 0 Å². The summed E-state index contributed by atoms with van der Waals surface area (Å²) in [6, 6.07) is 7.45. The molecule has 3 N–H and O–H groups in total. The number of benzene rings is 1. The average Bonchev–Trinajstić information content (AvgIpc) is 2.19. The fourth-order valence-electron chi connectivity index (χ4n) is 1.37.